The molecule has 12 nitrogen and oxygen atoms in total. The predicted molar refractivity (Wildman–Crippen MR) is 284 cm³/mol. The Labute approximate surface area is 414 Å². The van der Waals surface area contributed by atoms with Crippen LogP contribution in [0.3, 0.4) is 0 Å². The van der Waals surface area contributed by atoms with E-state index in [1.807, 2.05) is 51.9 Å². The molecule has 0 aliphatic carbocycles. The quantitative estimate of drug-likeness (QED) is 0.0185. The van der Waals surface area contributed by atoms with Gasteiger partial charge in [0.25, 0.3) is 11.8 Å². The molecule has 12 heteroatoms. The van der Waals surface area contributed by atoms with Crippen molar-refractivity contribution in [1.82, 2.24) is 35.7 Å². The molecular formula is C57H83N7O5. The first-order chi connectivity index (χ1) is 33.1. The zero-order valence-electron chi connectivity index (χ0n) is 43.5. The maximum atomic E-state index is 13.2. The van der Waals surface area contributed by atoms with Gasteiger partial charge in [-0.1, -0.05) is 110 Å². The molecular weight excluding hydrogens is 863 g/mol. The number of unbranched alkanes of at least 4 members (excludes halogenated alkanes) is 2. The number of benzene rings is 2. The summed E-state index contributed by atoms with van der Waals surface area (Å²) in [5, 5.41) is 1.28. The molecule has 376 valence electrons. The van der Waals surface area contributed by atoms with Crippen molar-refractivity contribution in [3.8, 4) is 22.4 Å². The molecule has 3 unspecified atom stereocenters. The summed E-state index contributed by atoms with van der Waals surface area (Å²) in [7, 11) is 3.97. The number of aromatic nitrogens is 2. The maximum absolute atomic E-state index is 13.2. The fourth-order valence-electron chi connectivity index (χ4n) is 8.88. The number of aryl methyl sites for hydroxylation is 2. The summed E-state index contributed by atoms with van der Waals surface area (Å²) in [6.45, 7) is 27.7. The van der Waals surface area contributed by atoms with E-state index in [4.69, 9.17) is 14.5 Å². The lowest BCUT2D eigenvalue weighted by Gasteiger charge is -2.28. The number of hydrazine groups is 2. The normalized spacial score (nSPS) is 14.4. The lowest BCUT2D eigenvalue weighted by Crippen LogP contribution is -2.57. The molecule has 2 aromatic heterocycles. The number of carbonyl (C=O) groups is 4. The molecule has 0 radical (unpaired) electrons. The highest BCUT2D eigenvalue weighted by atomic mass is 16.5. The number of fused-ring (bicyclic) bond motifs is 1. The number of nitrogens with one attached hydrogen (secondary N) is 3. The zero-order valence-corrected chi connectivity index (χ0v) is 43.5. The van der Waals surface area contributed by atoms with E-state index in [0.717, 1.165) is 76.4 Å². The zero-order chi connectivity index (χ0) is 51.1. The van der Waals surface area contributed by atoms with Crippen LogP contribution in [-0.2, 0) is 43.3 Å². The fraction of sp³-hybridized carbons (Fsp3) is 0.491. The molecule has 1 aliphatic rings. The molecule has 3 N–H and O–H groups in total. The van der Waals surface area contributed by atoms with Gasteiger partial charge >= 0.3 is 0 Å². The second kappa shape index (κ2) is 29.4. The van der Waals surface area contributed by atoms with Crippen LogP contribution in [0.2, 0.25) is 0 Å². The predicted octanol–water partition coefficient (Wildman–Crippen LogP) is 10.9. The second-order valence-electron chi connectivity index (χ2n) is 19.4. The van der Waals surface area contributed by atoms with E-state index in [2.05, 4.69) is 130 Å². The van der Waals surface area contributed by atoms with Crippen LogP contribution >= 0.6 is 0 Å². The van der Waals surface area contributed by atoms with Crippen LogP contribution in [0.25, 0.3) is 33.3 Å². The van der Waals surface area contributed by atoms with Crippen LogP contribution in [-0.4, -0.2) is 83.7 Å². The number of nitrogens with zero attached hydrogens (tertiary/aromatic N) is 4. The van der Waals surface area contributed by atoms with Gasteiger partial charge in [-0.05, 0) is 143 Å². The molecule has 3 atom stereocenters. The van der Waals surface area contributed by atoms with Crippen LogP contribution in [0.1, 0.15) is 129 Å². The monoisotopic (exact) mass is 946 g/mol. The molecule has 5 rings (SSSR count). The van der Waals surface area contributed by atoms with Gasteiger partial charge in [-0.3, -0.25) is 24.9 Å². The Hall–Kier alpha value is -5.69. The molecule has 69 heavy (non-hydrogen) atoms. The summed E-state index contributed by atoms with van der Waals surface area (Å²) in [5.74, 6) is 0.0229. The number of amides is 2. The van der Waals surface area contributed by atoms with Gasteiger partial charge in [0.05, 0.1) is 11.4 Å². The highest BCUT2D eigenvalue weighted by molar-refractivity contribution is 5.97. The molecule has 1 aliphatic heterocycles. The maximum Gasteiger partial charge on any atom is 0.292 e. The minimum absolute atomic E-state index is 0.0604. The lowest BCUT2D eigenvalue weighted by molar-refractivity contribution is -0.138. The Morgan fingerprint density at radius 3 is 2.33 bits per heavy atom. The molecule has 2 amide bonds. The summed E-state index contributed by atoms with van der Waals surface area (Å²) in [5.41, 5.74) is 18.8. The number of carbonyl (C=O) groups excluding carboxylic acids is 4. The van der Waals surface area contributed by atoms with E-state index in [1.165, 1.54) is 49.3 Å². The van der Waals surface area contributed by atoms with Gasteiger partial charge in [-0.15, -0.1) is 0 Å². The standard InChI is InChI=1S/C52H75N7O4.C4H6.CH2O/c1-11-37(5)47-42(24-17-29-53-47)49-44(34-52(7,8)28-19-31-60)43-33-41(26-27-45(43)58(49)12-2)40-23-16-22-39(32-40)21-15-13-14-20-38(6)54-56-55-50(61)48(36(3)4)59-35-63-46(51(59)62)25-18-30-57(9)10;1-3-4-2;1-2/h16-17,22-27,29,31-33,36-38,48,54,56H,11-15,18-21,28,30,34-35H2,1-10H3,(H,55,61);3-4H,1-2H2;1H2. The number of rotatable bonds is 26. The smallest absolute Gasteiger partial charge is 0.292 e. The van der Waals surface area contributed by atoms with E-state index in [1.54, 1.807) is 12.2 Å². The Bertz CT molecular complexity index is 2290. The molecule has 1 saturated heterocycles. The van der Waals surface area contributed by atoms with E-state index in [-0.39, 0.29) is 35.9 Å². The highest BCUT2D eigenvalue weighted by Gasteiger charge is 2.39. The van der Waals surface area contributed by atoms with Crippen molar-refractivity contribution in [3.63, 3.8) is 0 Å². The third-order valence-corrected chi connectivity index (χ3v) is 12.8. The van der Waals surface area contributed by atoms with Crippen molar-refractivity contribution in [2.24, 2.45) is 11.3 Å². The van der Waals surface area contributed by atoms with Gasteiger partial charge in [0, 0.05) is 48.2 Å². The Morgan fingerprint density at radius 1 is 0.957 bits per heavy atom. The van der Waals surface area contributed by atoms with Gasteiger partial charge in [0.1, 0.15) is 19.1 Å². The van der Waals surface area contributed by atoms with E-state index in [9.17, 15) is 14.4 Å². The molecule has 1 fully saturated rings. The number of ether oxygens (including phenoxy) is 1. The topological polar surface area (TPSA) is 138 Å². The van der Waals surface area contributed by atoms with Gasteiger partial charge in [-0.25, -0.2) is 5.43 Å². The van der Waals surface area contributed by atoms with Crippen LogP contribution in [0.4, 0.5) is 0 Å². The molecule has 4 aromatic rings. The second-order valence-corrected chi connectivity index (χ2v) is 19.4. The van der Waals surface area contributed by atoms with E-state index >= 15 is 0 Å². The SMILES string of the molecule is C=CC=C.C=O.CCC(C)c1ncccc1-c1c(CC(C)(C)CCC=O)c2cc(-c3cccc(CCCCCC(C)NNNC(=O)C(C(C)C)N4COC(=CCCN(C)C)C4=O)c3)ccc2n1CC. The van der Waals surface area contributed by atoms with Crippen molar-refractivity contribution in [3.05, 3.63) is 115 Å². The van der Waals surface area contributed by atoms with Crippen LogP contribution in [0, 0.1) is 11.3 Å². The average Bonchev–Trinajstić information content (AvgIpc) is 3.85. The van der Waals surface area contributed by atoms with Crippen molar-refractivity contribution >= 4 is 35.8 Å². The van der Waals surface area contributed by atoms with Crippen molar-refractivity contribution in [1.29, 1.82) is 0 Å². The largest absolute Gasteiger partial charge is 0.468 e. The Balaban J connectivity index is 0.00000199. The lowest BCUT2D eigenvalue weighted by atomic mass is 9.80. The first-order valence-electron chi connectivity index (χ1n) is 24.9. The average molecular weight is 946 g/mol. The summed E-state index contributed by atoms with van der Waals surface area (Å²) < 4.78 is 8.14. The van der Waals surface area contributed by atoms with E-state index in [0.29, 0.717) is 24.5 Å². The van der Waals surface area contributed by atoms with Crippen molar-refractivity contribution < 1.29 is 23.9 Å². The number of pyridine rings is 1. The highest BCUT2D eigenvalue weighted by Crippen LogP contribution is 2.42. The third-order valence-electron chi connectivity index (χ3n) is 12.8. The molecule has 3 heterocycles. The van der Waals surface area contributed by atoms with Gasteiger partial charge in [-0.2, -0.15) is 5.53 Å². The van der Waals surface area contributed by atoms with E-state index < -0.39 is 6.04 Å². The van der Waals surface area contributed by atoms with Crippen molar-refractivity contribution in [2.75, 3.05) is 27.4 Å². The van der Waals surface area contributed by atoms with Gasteiger partial charge in [0.15, 0.2) is 12.5 Å². The molecule has 0 spiro atoms. The molecule has 2 aromatic carbocycles. The Morgan fingerprint density at radius 2 is 1.68 bits per heavy atom. The van der Waals surface area contributed by atoms with Crippen LogP contribution < -0.4 is 16.4 Å². The minimum Gasteiger partial charge on any atom is -0.468 e. The summed E-state index contributed by atoms with van der Waals surface area (Å²) in [6, 6.07) is 19.7. The van der Waals surface area contributed by atoms with Crippen LogP contribution in [0.5, 0.6) is 0 Å². The fourth-order valence-corrected chi connectivity index (χ4v) is 8.88. The van der Waals surface area contributed by atoms with Crippen LogP contribution in [0.15, 0.2) is 97.9 Å². The number of aldehydes is 1. The third kappa shape index (κ3) is 16.8. The first kappa shape index (κ1) is 57.6. The van der Waals surface area contributed by atoms with Gasteiger partial charge < -0.3 is 23.8 Å². The Kier molecular flexibility index (Phi) is 24.5. The molecule has 0 saturated carbocycles. The number of hydrogen-bond acceptors (Lipinski definition) is 9. The molecule has 0 bridgehead atoms. The summed E-state index contributed by atoms with van der Waals surface area (Å²) in [6.07, 6.45) is 17.2. The van der Waals surface area contributed by atoms with Crippen molar-refractivity contribution in [2.45, 2.75) is 144 Å². The number of allylic oxidation sites excluding steroid dienone is 2. The number of hydrogen-bond donors (Lipinski definition) is 3. The summed E-state index contributed by atoms with van der Waals surface area (Å²) in [4.78, 5) is 54.3. The van der Waals surface area contributed by atoms with Gasteiger partial charge in [0.2, 0.25) is 0 Å². The summed E-state index contributed by atoms with van der Waals surface area (Å²) >= 11 is 0. The first-order valence-corrected chi connectivity index (χ1v) is 24.9. The minimum atomic E-state index is -0.658.